The number of thioether (sulfide) groups is 1. The van der Waals surface area contributed by atoms with E-state index in [1.54, 1.807) is 33.5 Å². The predicted molar refractivity (Wildman–Crippen MR) is 88.0 cm³/mol. The Hall–Kier alpha value is -2.13. The number of β-lactam (4-membered cyclic amide) rings is 1. The van der Waals surface area contributed by atoms with Gasteiger partial charge in [-0.2, -0.15) is 0 Å². The van der Waals surface area contributed by atoms with E-state index in [1.807, 2.05) is 12.1 Å². The van der Waals surface area contributed by atoms with Crippen LogP contribution in [0.5, 0.6) is 5.75 Å². The molecular formula is C15H18N6O2S. The van der Waals surface area contributed by atoms with Crippen LogP contribution in [0.1, 0.15) is 31.3 Å². The van der Waals surface area contributed by atoms with E-state index >= 15 is 0 Å². The van der Waals surface area contributed by atoms with Gasteiger partial charge in [0.15, 0.2) is 5.82 Å². The van der Waals surface area contributed by atoms with Crippen molar-refractivity contribution in [3.63, 3.8) is 0 Å². The topological polar surface area (TPSA) is 110 Å². The maximum absolute atomic E-state index is 12.2. The van der Waals surface area contributed by atoms with Crippen LogP contribution in [0.15, 0.2) is 24.3 Å². The van der Waals surface area contributed by atoms with Gasteiger partial charge in [0.2, 0.25) is 5.91 Å². The van der Waals surface area contributed by atoms with Crippen molar-refractivity contribution in [3.8, 4) is 5.75 Å². The van der Waals surface area contributed by atoms with Crippen LogP contribution >= 0.6 is 11.8 Å². The zero-order chi connectivity index (χ0) is 17.1. The average molecular weight is 346 g/mol. The molecule has 24 heavy (non-hydrogen) atoms. The second-order valence-corrected chi connectivity index (χ2v) is 8.42. The fraction of sp³-hybridized carbons (Fsp3) is 0.467. The molecule has 2 aliphatic heterocycles. The SMILES string of the molecule is CC1(C)SC2C(N)C(=O)N2C1c1nnnn1Cc1ccc(O)cc1. The van der Waals surface area contributed by atoms with Gasteiger partial charge in [0, 0.05) is 4.75 Å². The van der Waals surface area contributed by atoms with Crippen molar-refractivity contribution in [2.24, 2.45) is 5.73 Å². The molecule has 0 saturated carbocycles. The lowest BCUT2D eigenvalue weighted by atomic mass is 9.95. The normalized spacial score (nSPS) is 27.9. The van der Waals surface area contributed by atoms with E-state index in [0.29, 0.717) is 12.4 Å². The van der Waals surface area contributed by atoms with Crippen molar-refractivity contribution in [2.45, 2.75) is 42.6 Å². The molecule has 0 spiro atoms. The molecule has 0 aliphatic carbocycles. The fourth-order valence-electron chi connectivity index (χ4n) is 3.35. The molecule has 9 heteroatoms. The summed E-state index contributed by atoms with van der Waals surface area (Å²) in [7, 11) is 0. The van der Waals surface area contributed by atoms with E-state index in [9.17, 15) is 9.90 Å². The molecule has 3 heterocycles. The van der Waals surface area contributed by atoms with E-state index in [-0.39, 0.29) is 27.8 Å². The van der Waals surface area contributed by atoms with Gasteiger partial charge in [-0.1, -0.05) is 12.1 Å². The van der Waals surface area contributed by atoms with Gasteiger partial charge >= 0.3 is 0 Å². The summed E-state index contributed by atoms with van der Waals surface area (Å²) < 4.78 is 1.48. The lowest BCUT2D eigenvalue weighted by molar-refractivity contribution is -0.147. The Labute approximate surface area is 143 Å². The van der Waals surface area contributed by atoms with Gasteiger partial charge in [-0.3, -0.25) is 4.79 Å². The lowest BCUT2D eigenvalue weighted by Gasteiger charge is -2.42. The summed E-state index contributed by atoms with van der Waals surface area (Å²) in [4.78, 5) is 14.0. The van der Waals surface area contributed by atoms with Crippen LogP contribution in [0.3, 0.4) is 0 Å². The van der Waals surface area contributed by atoms with Crippen LogP contribution in [0.4, 0.5) is 0 Å². The highest BCUT2D eigenvalue weighted by atomic mass is 32.2. The maximum atomic E-state index is 12.2. The first-order valence-corrected chi connectivity index (χ1v) is 8.56. The number of amides is 1. The number of carbonyl (C=O) groups excluding carboxylic acids is 1. The Bertz CT molecular complexity index is 790. The van der Waals surface area contributed by atoms with Gasteiger partial charge in [0.05, 0.1) is 6.54 Å². The van der Waals surface area contributed by atoms with Crippen molar-refractivity contribution in [1.82, 2.24) is 25.1 Å². The Balaban J connectivity index is 1.66. The van der Waals surface area contributed by atoms with Gasteiger partial charge in [0.1, 0.15) is 23.2 Å². The molecule has 1 aromatic heterocycles. The number of hydrogen-bond acceptors (Lipinski definition) is 7. The molecule has 0 radical (unpaired) electrons. The third kappa shape index (κ3) is 2.19. The van der Waals surface area contributed by atoms with Gasteiger partial charge in [-0.25, -0.2) is 4.68 Å². The highest BCUT2D eigenvalue weighted by Gasteiger charge is 2.61. The number of carbonyl (C=O) groups is 1. The summed E-state index contributed by atoms with van der Waals surface area (Å²) in [5, 5.41) is 21.5. The highest BCUT2D eigenvalue weighted by molar-refractivity contribution is 8.01. The molecule has 2 saturated heterocycles. The Morgan fingerprint density at radius 3 is 2.75 bits per heavy atom. The first-order chi connectivity index (χ1) is 11.4. The third-order valence-corrected chi connectivity index (χ3v) is 6.15. The predicted octanol–water partition coefficient (Wildman–Crippen LogP) is 0.489. The van der Waals surface area contributed by atoms with Crippen molar-refractivity contribution in [3.05, 3.63) is 35.7 Å². The molecule has 4 rings (SSSR count). The number of benzene rings is 1. The van der Waals surface area contributed by atoms with Gasteiger partial charge in [-0.05, 0) is 42.0 Å². The zero-order valence-electron chi connectivity index (χ0n) is 13.3. The monoisotopic (exact) mass is 346 g/mol. The van der Waals surface area contributed by atoms with Crippen molar-refractivity contribution in [2.75, 3.05) is 0 Å². The fourth-order valence-corrected chi connectivity index (χ4v) is 4.93. The minimum Gasteiger partial charge on any atom is -0.508 e. The molecule has 2 aromatic rings. The molecule has 1 aromatic carbocycles. The molecule has 3 N–H and O–H groups in total. The van der Waals surface area contributed by atoms with Crippen molar-refractivity contribution in [1.29, 1.82) is 0 Å². The number of phenols is 1. The third-order valence-electron chi connectivity index (χ3n) is 4.56. The number of fused-ring (bicyclic) bond motifs is 1. The van der Waals surface area contributed by atoms with Crippen LogP contribution in [0, 0.1) is 0 Å². The van der Waals surface area contributed by atoms with E-state index in [2.05, 4.69) is 29.4 Å². The second kappa shape index (κ2) is 5.18. The van der Waals surface area contributed by atoms with E-state index in [1.165, 1.54) is 0 Å². The Morgan fingerprint density at radius 1 is 1.33 bits per heavy atom. The Kier molecular flexibility index (Phi) is 3.33. The molecule has 3 unspecified atom stereocenters. The number of hydrogen-bond donors (Lipinski definition) is 2. The first kappa shape index (κ1) is 15.4. The minimum atomic E-state index is -0.444. The van der Waals surface area contributed by atoms with Crippen molar-refractivity contribution < 1.29 is 9.90 Å². The Morgan fingerprint density at radius 2 is 2.04 bits per heavy atom. The molecule has 2 fully saturated rings. The number of aromatic hydroxyl groups is 1. The van der Waals surface area contributed by atoms with E-state index in [4.69, 9.17) is 5.73 Å². The molecule has 126 valence electrons. The number of nitrogens with zero attached hydrogens (tertiary/aromatic N) is 5. The number of phenolic OH excluding ortho intramolecular Hbond substituents is 1. The van der Waals surface area contributed by atoms with Crippen LogP contribution in [0.25, 0.3) is 0 Å². The van der Waals surface area contributed by atoms with Crippen LogP contribution in [0.2, 0.25) is 0 Å². The molecule has 2 aliphatic rings. The van der Waals surface area contributed by atoms with Crippen molar-refractivity contribution >= 4 is 17.7 Å². The second-order valence-electron chi connectivity index (χ2n) is 6.65. The summed E-state index contributed by atoms with van der Waals surface area (Å²) in [6.07, 6.45) is 0. The maximum Gasteiger partial charge on any atom is 0.244 e. The lowest BCUT2D eigenvalue weighted by Crippen LogP contribution is -2.65. The van der Waals surface area contributed by atoms with Gasteiger partial charge in [-0.15, -0.1) is 16.9 Å². The molecule has 8 nitrogen and oxygen atoms in total. The van der Waals surface area contributed by atoms with Crippen LogP contribution in [-0.4, -0.2) is 52.3 Å². The van der Waals surface area contributed by atoms with E-state index in [0.717, 1.165) is 5.56 Å². The molecular weight excluding hydrogens is 328 g/mol. The average Bonchev–Trinajstić information content (AvgIpc) is 3.09. The van der Waals surface area contributed by atoms with E-state index < -0.39 is 6.04 Å². The van der Waals surface area contributed by atoms with Gasteiger partial charge in [0.25, 0.3) is 0 Å². The molecule has 1 amide bonds. The summed E-state index contributed by atoms with van der Waals surface area (Å²) in [5.41, 5.74) is 6.89. The number of rotatable bonds is 3. The molecule has 3 atom stereocenters. The number of nitrogens with two attached hydrogens (primary N) is 1. The van der Waals surface area contributed by atoms with Crippen LogP contribution in [-0.2, 0) is 11.3 Å². The number of aromatic nitrogens is 4. The first-order valence-electron chi connectivity index (χ1n) is 7.68. The number of tetrazole rings is 1. The quantitative estimate of drug-likeness (QED) is 0.778. The molecule has 0 bridgehead atoms. The standard InChI is InChI=1S/C15H18N6O2S/c1-15(2)11(21-13(23)10(16)14(21)24-15)12-17-18-19-20(12)7-8-3-5-9(22)6-4-8/h3-6,10-11,14,22H,7,16H2,1-2H3. The summed E-state index contributed by atoms with van der Waals surface area (Å²) >= 11 is 1.69. The van der Waals surface area contributed by atoms with Gasteiger partial charge < -0.3 is 15.7 Å². The minimum absolute atomic E-state index is 0.0173. The summed E-state index contributed by atoms with van der Waals surface area (Å²) in [6.45, 7) is 4.64. The zero-order valence-corrected chi connectivity index (χ0v) is 14.1. The summed E-state index contributed by atoms with van der Waals surface area (Å²) in [6, 6.07) is 6.24. The largest absolute Gasteiger partial charge is 0.508 e. The van der Waals surface area contributed by atoms with Crippen LogP contribution < -0.4 is 5.73 Å². The highest BCUT2D eigenvalue weighted by Crippen LogP contribution is 2.56. The smallest absolute Gasteiger partial charge is 0.244 e. The summed E-state index contributed by atoms with van der Waals surface area (Å²) in [5.74, 6) is 0.817.